The molecule has 112 valence electrons. The molecule has 20 heavy (non-hydrogen) atoms. The lowest BCUT2D eigenvalue weighted by molar-refractivity contribution is 0.0928. The molecule has 2 N–H and O–H groups in total. The Hall–Kier alpha value is -1.30. The third kappa shape index (κ3) is 4.37. The van der Waals surface area contributed by atoms with Gasteiger partial charge in [-0.1, -0.05) is 6.07 Å². The van der Waals surface area contributed by atoms with Crippen LogP contribution in [0.2, 0.25) is 0 Å². The fourth-order valence-electron chi connectivity index (χ4n) is 2.08. The van der Waals surface area contributed by atoms with Gasteiger partial charge in [-0.25, -0.2) is 0 Å². The third-order valence-corrected chi connectivity index (χ3v) is 3.20. The Morgan fingerprint density at radius 2 is 2.05 bits per heavy atom. The lowest BCUT2D eigenvalue weighted by Crippen LogP contribution is -2.23. The van der Waals surface area contributed by atoms with Crippen LogP contribution in [-0.4, -0.2) is 44.7 Å². The second-order valence-electron chi connectivity index (χ2n) is 4.77. The van der Waals surface area contributed by atoms with Crippen LogP contribution in [0.25, 0.3) is 0 Å². The molecule has 1 aromatic carbocycles. The number of hydrogen-bond donors (Lipinski definition) is 2. The van der Waals surface area contributed by atoms with E-state index in [-0.39, 0.29) is 12.6 Å². The Labute approximate surface area is 119 Å². The molecular formula is C15H23NO4. The molecule has 2 rings (SSSR count). The van der Waals surface area contributed by atoms with E-state index in [4.69, 9.17) is 19.3 Å². The second-order valence-corrected chi connectivity index (χ2v) is 4.77. The summed E-state index contributed by atoms with van der Waals surface area (Å²) in [5.41, 5.74) is 1.16. The summed E-state index contributed by atoms with van der Waals surface area (Å²) in [5.74, 6) is 1.65. The van der Waals surface area contributed by atoms with Crippen molar-refractivity contribution < 1.29 is 19.3 Å². The van der Waals surface area contributed by atoms with Crippen LogP contribution in [0.15, 0.2) is 18.2 Å². The Kier molecular flexibility index (Phi) is 6.11. The zero-order valence-electron chi connectivity index (χ0n) is 11.9. The first-order chi connectivity index (χ1) is 9.81. The molecule has 1 aliphatic rings. The van der Waals surface area contributed by atoms with Gasteiger partial charge in [-0.05, 0) is 24.6 Å². The van der Waals surface area contributed by atoms with Crippen molar-refractivity contribution in [1.82, 2.24) is 5.32 Å². The maximum Gasteiger partial charge on any atom is 0.161 e. The van der Waals surface area contributed by atoms with Crippen LogP contribution in [-0.2, 0) is 4.74 Å². The quantitative estimate of drug-likeness (QED) is 0.742. The van der Waals surface area contributed by atoms with Crippen LogP contribution < -0.4 is 14.8 Å². The number of nitrogens with one attached hydrogen (secondary N) is 1. The number of aliphatic hydroxyl groups excluding tert-OH is 1. The second kappa shape index (κ2) is 8.09. The van der Waals surface area contributed by atoms with Gasteiger partial charge >= 0.3 is 0 Å². The van der Waals surface area contributed by atoms with Gasteiger partial charge in [0.1, 0.15) is 0 Å². The summed E-state index contributed by atoms with van der Waals surface area (Å²) in [7, 11) is 0. The molecule has 1 heterocycles. The number of ether oxygens (including phenoxy) is 3. The van der Waals surface area contributed by atoms with Gasteiger partial charge < -0.3 is 24.6 Å². The van der Waals surface area contributed by atoms with E-state index in [0.29, 0.717) is 26.4 Å². The smallest absolute Gasteiger partial charge is 0.161 e. The first kappa shape index (κ1) is 15.1. The van der Waals surface area contributed by atoms with Gasteiger partial charge in [0, 0.05) is 19.0 Å². The van der Waals surface area contributed by atoms with E-state index in [0.717, 1.165) is 30.0 Å². The van der Waals surface area contributed by atoms with Crippen LogP contribution in [0.1, 0.15) is 24.9 Å². The van der Waals surface area contributed by atoms with Gasteiger partial charge in [0.25, 0.3) is 0 Å². The molecule has 0 fully saturated rings. The average molecular weight is 281 g/mol. The minimum atomic E-state index is 0.0672. The van der Waals surface area contributed by atoms with Gasteiger partial charge in [0.2, 0.25) is 0 Å². The van der Waals surface area contributed by atoms with Crippen molar-refractivity contribution in [3.63, 3.8) is 0 Å². The zero-order chi connectivity index (χ0) is 14.2. The summed E-state index contributed by atoms with van der Waals surface area (Å²) in [6, 6.07) is 6.27. The van der Waals surface area contributed by atoms with Crippen molar-refractivity contribution >= 4 is 0 Å². The summed E-state index contributed by atoms with van der Waals surface area (Å²) < 4.78 is 16.5. The van der Waals surface area contributed by atoms with E-state index in [1.54, 1.807) is 0 Å². The highest BCUT2D eigenvalue weighted by Crippen LogP contribution is 2.32. The largest absolute Gasteiger partial charge is 0.490 e. The van der Waals surface area contributed by atoms with Crippen LogP contribution in [0.4, 0.5) is 0 Å². The first-order valence-electron chi connectivity index (χ1n) is 7.13. The predicted molar refractivity (Wildman–Crippen MR) is 76.4 cm³/mol. The van der Waals surface area contributed by atoms with Crippen LogP contribution in [0, 0.1) is 0 Å². The van der Waals surface area contributed by atoms with E-state index in [2.05, 4.69) is 18.3 Å². The first-order valence-corrected chi connectivity index (χ1v) is 7.13. The van der Waals surface area contributed by atoms with Crippen molar-refractivity contribution in [3.8, 4) is 11.5 Å². The number of aliphatic hydroxyl groups is 1. The molecule has 1 aromatic rings. The van der Waals surface area contributed by atoms with Gasteiger partial charge in [0.15, 0.2) is 11.5 Å². The van der Waals surface area contributed by atoms with E-state index in [9.17, 15) is 0 Å². The Morgan fingerprint density at radius 3 is 2.85 bits per heavy atom. The molecule has 5 heteroatoms. The molecular weight excluding hydrogens is 258 g/mol. The van der Waals surface area contributed by atoms with Crippen molar-refractivity contribution in [2.24, 2.45) is 0 Å². The molecule has 0 radical (unpaired) electrons. The third-order valence-electron chi connectivity index (χ3n) is 3.20. The van der Waals surface area contributed by atoms with E-state index >= 15 is 0 Å². The lowest BCUT2D eigenvalue weighted by Gasteiger charge is -2.16. The van der Waals surface area contributed by atoms with E-state index < -0.39 is 0 Å². The highest BCUT2D eigenvalue weighted by Gasteiger charge is 2.13. The Morgan fingerprint density at radius 1 is 1.25 bits per heavy atom. The van der Waals surface area contributed by atoms with Crippen molar-refractivity contribution in [2.45, 2.75) is 19.4 Å². The summed E-state index contributed by atoms with van der Waals surface area (Å²) in [4.78, 5) is 0. The summed E-state index contributed by atoms with van der Waals surface area (Å²) >= 11 is 0. The maximum absolute atomic E-state index is 8.62. The van der Waals surface area contributed by atoms with E-state index in [1.165, 1.54) is 0 Å². The van der Waals surface area contributed by atoms with Crippen LogP contribution in [0.3, 0.4) is 0 Å². The van der Waals surface area contributed by atoms with Gasteiger partial charge in [0.05, 0.1) is 33.0 Å². The molecule has 0 bridgehead atoms. The molecule has 0 aromatic heterocycles. The van der Waals surface area contributed by atoms with Crippen molar-refractivity contribution in [1.29, 1.82) is 0 Å². The van der Waals surface area contributed by atoms with Gasteiger partial charge in [-0.2, -0.15) is 0 Å². The standard InChI is InChI=1S/C15H23NO4/c1-12(16-5-9-18-10-6-17)13-3-4-14-15(11-13)20-8-2-7-19-14/h3-4,11-12,16-17H,2,5-10H2,1H3. The molecule has 0 saturated heterocycles. The highest BCUT2D eigenvalue weighted by atomic mass is 16.5. The van der Waals surface area contributed by atoms with Crippen LogP contribution in [0.5, 0.6) is 11.5 Å². The molecule has 0 amide bonds. The fraction of sp³-hybridized carbons (Fsp3) is 0.600. The number of hydrogen-bond acceptors (Lipinski definition) is 5. The van der Waals surface area contributed by atoms with Crippen molar-refractivity contribution in [3.05, 3.63) is 23.8 Å². The fourth-order valence-corrected chi connectivity index (χ4v) is 2.08. The lowest BCUT2D eigenvalue weighted by atomic mass is 10.1. The molecule has 0 saturated carbocycles. The van der Waals surface area contributed by atoms with Gasteiger partial charge in [-0.15, -0.1) is 0 Å². The van der Waals surface area contributed by atoms with Crippen molar-refractivity contribution in [2.75, 3.05) is 39.6 Å². The topological polar surface area (TPSA) is 60.0 Å². The Balaban J connectivity index is 1.86. The SMILES string of the molecule is CC(NCCOCCO)c1ccc2c(c1)OCCCO2. The van der Waals surface area contributed by atoms with Crippen LogP contribution >= 0.6 is 0 Å². The highest BCUT2D eigenvalue weighted by molar-refractivity contribution is 5.44. The zero-order valence-corrected chi connectivity index (χ0v) is 11.9. The summed E-state index contributed by atoms with van der Waals surface area (Å²) in [6.45, 7) is 5.31. The summed E-state index contributed by atoms with van der Waals surface area (Å²) in [5, 5.41) is 12.0. The molecule has 0 spiro atoms. The average Bonchev–Trinajstić information content (AvgIpc) is 2.71. The minimum Gasteiger partial charge on any atom is -0.490 e. The number of fused-ring (bicyclic) bond motifs is 1. The number of benzene rings is 1. The maximum atomic E-state index is 8.62. The van der Waals surface area contributed by atoms with E-state index in [1.807, 2.05) is 12.1 Å². The molecule has 1 unspecified atom stereocenters. The Bertz CT molecular complexity index is 411. The minimum absolute atomic E-state index is 0.0672. The molecule has 5 nitrogen and oxygen atoms in total. The normalized spacial score (nSPS) is 15.7. The molecule has 1 atom stereocenters. The van der Waals surface area contributed by atoms with Gasteiger partial charge in [-0.3, -0.25) is 0 Å². The molecule has 1 aliphatic heterocycles. The monoisotopic (exact) mass is 281 g/mol. The predicted octanol–water partition coefficient (Wildman–Crippen LogP) is 1.51. The number of rotatable bonds is 7. The summed E-state index contributed by atoms with van der Waals surface area (Å²) in [6.07, 6.45) is 0.917. The molecule has 0 aliphatic carbocycles.